The number of nitrogens with zero attached hydrogens (tertiary/aromatic N) is 2. The fraction of sp³-hybridized carbons (Fsp3) is 0.696. The fourth-order valence-electron chi connectivity index (χ4n) is 3.84. The van der Waals surface area contributed by atoms with Gasteiger partial charge in [-0.15, -0.1) is 11.8 Å². The predicted octanol–water partition coefficient (Wildman–Crippen LogP) is 5.63. The molecular weight excluding hydrogens is 447 g/mol. The van der Waals surface area contributed by atoms with Crippen LogP contribution in [0.15, 0.2) is 34.3 Å². The van der Waals surface area contributed by atoms with Crippen molar-refractivity contribution in [3.63, 3.8) is 0 Å². The second-order valence-corrected chi connectivity index (χ2v) is 10.8. The van der Waals surface area contributed by atoms with E-state index in [2.05, 4.69) is 54.4 Å². The van der Waals surface area contributed by atoms with Crippen LogP contribution in [-0.4, -0.2) is 67.8 Å². The van der Waals surface area contributed by atoms with Crippen molar-refractivity contribution in [1.29, 1.82) is 0 Å². The molecule has 182 valence electrons. The van der Waals surface area contributed by atoms with E-state index in [0.29, 0.717) is 19.6 Å². The zero-order valence-corrected chi connectivity index (χ0v) is 22.0. The topological polar surface area (TPSA) is 69.6 Å². The maximum atomic E-state index is 13.3. The summed E-state index contributed by atoms with van der Waals surface area (Å²) in [6.45, 7) is 13.4. The molecular formula is C23H39N2O5PS. The Balaban J connectivity index is 2.48. The minimum absolute atomic E-state index is 0.282. The van der Waals surface area contributed by atoms with Crippen LogP contribution < -0.4 is 0 Å². The summed E-state index contributed by atoms with van der Waals surface area (Å²) in [7, 11) is -3.45. The first-order chi connectivity index (χ1) is 15.4. The molecule has 0 saturated carbocycles. The summed E-state index contributed by atoms with van der Waals surface area (Å²) in [5, 5.41) is 4.66. The first-order valence-corrected chi connectivity index (χ1v) is 14.3. The zero-order valence-electron chi connectivity index (χ0n) is 20.3. The lowest BCUT2D eigenvalue weighted by atomic mass is 9.85. The van der Waals surface area contributed by atoms with Gasteiger partial charge in [0.2, 0.25) is 5.85 Å². The second-order valence-electron chi connectivity index (χ2n) is 7.74. The summed E-state index contributed by atoms with van der Waals surface area (Å²) < 4.78 is 30.0. The maximum absolute atomic E-state index is 13.3. The average molecular weight is 487 g/mol. The maximum Gasteiger partial charge on any atom is 0.373 e. The van der Waals surface area contributed by atoms with Crippen molar-refractivity contribution >= 4 is 25.1 Å². The van der Waals surface area contributed by atoms with E-state index >= 15 is 0 Å². The molecule has 1 aliphatic heterocycles. The molecule has 2 atom stereocenters. The van der Waals surface area contributed by atoms with Crippen molar-refractivity contribution in [2.45, 2.75) is 63.7 Å². The largest absolute Gasteiger partial charge is 0.379 e. The summed E-state index contributed by atoms with van der Waals surface area (Å²) >= 11 is 1.70. The lowest BCUT2D eigenvalue weighted by molar-refractivity contribution is 0.00215. The number of benzene rings is 1. The first-order valence-electron chi connectivity index (χ1n) is 11.5. The standard InChI is InChI=1S/C23H39N2O5PS/c1-7-21(31(26,28-9-3)29-10-4)30-24-22(19-11-13-20(32-6)14-12-19)23(5,8-2)25-15-17-27-18-16-25/h11-14,21H,7-10,15-18H2,1-6H3. The Hall–Kier alpha value is -0.890. The van der Waals surface area contributed by atoms with Gasteiger partial charge in [-0.25, -0.2) is 0 Å². The van der Waals surface area contributed by atoms with Crippen molar-refractivity contribution in [3.05, 3.63) is 29.8 Å². The Morgan fingerprint density at radius 3 is 2.22 bits per heavy atom. The van der Waals surface area contributed by atoms with Crippen LogP contribution in [-0.2, 0) is 23.2 Å². The van der Waals surface area contributed by atoms with Crippen LogP contribution in [0, 0.1) is 0 Å². The Labute approximate surface area is 197 Å². The van der Waals surface area contributed by atoms with Crippen LogP contribution in [0.25, 0.3) is 0 Å². The molecule has 0 amide bonds. The van der Waals surface area contributed by atoms with E-state index in [1.807, 2.05) is 6.92 Å². The van der Waals surface area contributed by atoms with Gasteiger partial charge in [0, 0.05) is 23.5 Å². The summed E-state index contributed by atoms with van der Waals surface area (Å²) in [6.07, 6.45) is 3.35. The number of oxime groups is 1. The van der Waals surface area contributed by atoms with Gasteiger partial charge in [-0.3, -0.25) is 9.46 Å². The molecule has 2 unspecified atom stereocenters. The molecule has 1 aliphatic rings. The van der Waals surface area contributed by atoms with Crippen molar-refractivity contribution in [2.24, 2.45) is 5.16 Å². The molecule has 0 spiro atoms. The van der Waals surface area contributed by atoms with Gasteiger partial charge in [-0.1, -0.05) is 31.1 Å². The second kappa shape index (κ2) is 13.1. The van der Waals surface area contributed by atoms with E-state index in [1.54, 1.807) is 25.6 Å². The van der Waals surface area contributed by atoms with Crippen molar-refractivity contribution in [1.82, 2.24) is 4.90 Å². The molecule has 1 aromatic carbocycles. The van der Waals surface area contributed by atoms with Gasteiger partial charge in [0.05, 0.1) is 32.0 Å². The van der Waals surface area contributed by atoms with Crippen molar-refractivity contribution < 1.29 is 23.2 Å². The molecule has 7 nitrogen and oxygen atoms in total. The number of rotatable bonds is 13. The smallest absolute Gasteiger partial charge is 0.373 e. The third-order valence-corrected chi connectivity index (χ3v) is 9.00. The highest BCUT2D eigenvalue weighted by Gasteiger charge is 2.40. The number of hydrogen-bond acceptors (Lipinski definition) is 8. The summed E-state index contributed by atoms with van der Waals surface area (Å²) in [5.41, 5.74) is 1.42. The zero-order chi connectivity index (χ0) is 23.6. The Morgan fingerprint density at radius 2 is 1.75 bits per heavy atom. The van der Waals surface area contributed by atoms with Crippen LogP contribution in [0.1, 0.15) is 53.0 Å². The van der Waals surface area contributed by atoms with Crippen molar-refractivity contribution in [2.75, 3.05) is 45.8 Å². The minimum Gasteiger partial charge on any atom is -0.379 e. The van der Waals surface area contributed by atoms with Gasteiger partial charge in [0.25, 0.3) is 0 Å². The van der Waals surface area contributed by atoms with Gasteiger partial charge in [-0.05, 0) is 52.0 Å². The molecule has 9 heteroatoms. The molecule has 1 heterocycles. The minimum atomic E-state index is -3.45. The molecule has 2 rings (SSSR count). The Kier molecular flexibility index (Phi) is 11.2. The van der Waals surface area contributed by atoms with E-state index in [9.17, 15) is 4.57 Å². The van der Waals surface area contributed by atoms with Gasteiger partial charge in [0.15, 0.2) is 0 Å². The highest BCUT2D eigenvalue weighted by molar-refractivity contribution is 7.98. The van der Waals surface area contributed by atoms with Crippen LogP contribution in [0.2, 0.25) is 0 Å². The third-order valence-electron chi connectivity index (χ3n) is 5.86. The average Bonchev–Trinajstić information content (AvgIpc) is 2.82. The summed E-state index contributed by atoms with van der Waals surface area (Å²) in [5.74, 6) is -0.770. The van der Waals surface area contributed by atoms with E-state index in [1.165, 1.54) is 4.90 Å². The summed E-state index contributed by atoms with van der Waals surface area (Å²) in [6, 6.07) is 8.34. The quantitative estimate of drug-likeness (QED) is 0.155. The van der Waals surface area contributed by atoms with Gasteiger partial charge < -0.3 is 18.6 Å². The molecule has 32 heavy (non-hydrogen) atoms. The molecule has 0 N–H and O–H groups in total. The van der Waals surface area contributed by atoms with Crippen molar-refractivity contribution in [3.8, 4) is 0 Å². The monoisotopic (exact) mass is 486 g/mol. The van der Waals surface area contributed by atoms with Gasteiger partial charge in [0.1, 0.15) is 5.71 Å². The molecule has 0 radical (unpaired) electrons. The Morgan fingerprint density at radius 1 is 1.16 bits per heavy atom. The third kappa shape index (κ3) is 6.58. The fourth-order valence-corrected chi connectivity index (χ4v) is 5.99. The van der Waals surface area contributed by atoms with E-state index in [0.717, 1.165) is 30.8 Å². The Bertz CT molecular complexity index is 760. The number of thioether (sulfide) groups is 1. The normalized spacial score (nSPS) is 18.9. The molecule has 1 saturated heterocycles. The van der Waals surface area contributed by atoms with Crippen LogP contribution >= 0.6 is 19.4 Å². The van der Waals surface area contributed by atoms with Gasteiger partial charge >= 0.3 is 7.60 Å². The molecule has 1 fully saturated rings. The SMILES string of the molecule is CCOP(=O)(OCC)C(CC)ON=C(c1ccc(SC)cc1)C(C)(CC)N1CCOCC1. The van der Waals surface area contributed by atoms with E-state index < -0.39 is 13.4 Å². The highest BCUT2D eigenvalue weighted by atomic mass is 32.2. The number of hydrogen-bond donors (Lipinski definition) is 0. The van der Waals surface area contributed by atoms with E-state index in [4.69, 9.17) is 18.6 Å². The number of ether oxygens (including phenoxy) is 1. The van der Waals surface area contributed by atoms with Gasteiger partial charge in [-0.2, -0.15) is 0 Å². The van der Waals surface area contributed by atoms with Crippen LogP contribution in [0.4, 0.5) is 0 Å². The highest BCUT2D eigenvalue weighted by Crippen LogP contribution is 2.54. The first kappa shape index (κ1) is 27.4. The van der Waals surface area contributed by atoms with E-state index in [-0.39, 0.29) is 18.8 Å². The molecule has 0 aromatic heterocycles. The number of morpholine rings is 1. The van der Waals surface area contributed by atoms with Crippen LogP contribution in [0.5, 0.6) is 0 Å². The molecule has 0 bridgehead atoms. The summed E-state index contributed by atoms with van der Waals surface area (Å²) in [4.78, 5) is 9.56. The molecule has 1 aromatic rings. The predicted molar refractivity (Wildman–Crippen MR) is 132 cm³/mol. The van der Waals surface area contributed by atoms with Crippen LogP contribution in [0.3, 0.4) is 0 Å². The lowest BCUT2D eigenvalue weighted by Crippen LogP contribution is -2.56. The molecule has 0 aliphatic carbocycles. The lowest BCUT2D eigenvalue weighted by Gasteiger charge is -2.43.